The van der Waals surface area contributed by atoms with Crippen LogP contribution in [-0.4, -0.2) is 5.11 Å². The molecule has 0 saturated heterocycles. The zero-order valence-electron chi connectivity index (χ0n) is 9.54. The van der Waals surface area contributed by atoms with Crippen LogP contribution in [0.15, 0.2) is 24.3 Å². The van der Waals surface area contributed by atoms with E-state index in [-0.39, 0.29) is 0 Å². The van der Waals surface area contributed by atoms with Gasteiger partial charge < -0.3 is 5.11 Å². The number of hydrogen-bond acceptors (Lipinski definition) is 1. The third-order valence-corrected chi connectivity index (χ3v) is 2.89. The van der Waals surface area contributed by atoms with Crippen molar-refractivity contribution in [2.75, 3.05) is 0 Å². The summed E-state index contributed by atoms with van der Waals surface area (Å²) in [6.45, 7) is 8.20. The quantitative estimate of drug-likeness (QED) is 0.778. The van der Waals surface area contributed by atoms with Crippen molar-refractivity contribution in [2.45, 2.75) is 45.6 Å². The summed E-state index contributed by atoms with van der Waals surface area (Å²) in [5.41, 5.74) is 1.64. The van der Waals surface area contributed by atoms with Gasteiger partial charge in [0.1, 0.15) is 0 Å². The highest BCUT2D eigenvalue weighted by Crippen LogP contribution is 2.25. The van der Waals surface area contributed by atoms with Gasteiger partial charge in [-0.15, -0.1) is 0 Å². The summed E-state index contributed by atoms with van der Waals surface area (Å²) in [5.74, 6) is 0.552. The summed E-state index contributed by atoms with van der Waals surface area (Å²) in [6, 6.07) is 8.26. The van der Waals surface area contributed by atoms with Crippen LogP contribution in [0.1, 0.15) is 51.2 Å². The SMILES string of the molecule is CC[C@@](C)(O)c1ccc(C(C)C)cc1. The van der Waals surface area contributed by atoms with Crippen LogP contribution in [0.3, 0.4) is 0 Å². The second kappa shape index (κ2) is 4.14. The fourth-order valence-corrected chi connectivity index (χ4v) is 1.43. The second-order valence-corrected chi connectivity index (χ2v) is 4.40. The summed E-state index contributed by atoms with van der Waals surface area (Å²) in [6.07, 6.45) is 0.744. The maximum Gasteiger partial charge on any atom is 0.0865 e. The van der Waals surface area contributed by atoms with Crippen molar-refractivity contribution in [3.05, 3.63) is 35.4 Å². The minimum absolute atomic E-state index is 0.552. The molecule has 0 radical (unpaired) electrons. The average molecular weight is 192 g/mol. The first-order chi connectivity index (χ1) is 6.47. The van der Waals surface area contributed by atoms with E-state index in [1.165, 1.54) is 5.56 Å². The molecule has 1 rings (SSSR count). The highest BCUT2D eigenvalue weighted by atomic mass is 16.3. The summed E-state index contributed by atoms with van der Waals surface area (Å²) in [7, 11) is 0. The Morgan fingerprint density at radius 2 is 1.71 bits per heavy atom. The van der Waals surface area contributed by atoms with Gasteiger partial charge in [0.05, 0.1) is 5.60 Å². The van der Waals surface area contributed by atoms with Crippen LogP contribution in [0.25, 0.3) is 0 Å². The minimum Gasteiger partial charge on any atom is -0.385 e. The zero-order valence-corrected chi connectivity index (χ0v) is 9.54. The number of hydrogen-bond donors (Lipinski definition) is 1. The summed E-state index contributed by atoms with van der Waals surface area (Å²) >= 11 is 0. The van der Waals surface area contributed by atoms with Gasteiger partial charge in [0.15, 0.2) is 0 Å². The molecular formula is C13H20O. The number of rotatable bonds is 3. The molecule has 0 saturated carbocycles. The van der Waals surface area contributed by atoms with Crippen molar-refractivity contribution < 1.29 is 5.11 Å². The predicted molar refractivity (Wildman–Crippen MR) is 60.4 cm³/mol. The molecular weight excluding hydrogens is 172 g/mol. The maximum absolute atomic E-state index is 10.0. The van der Waals surface area contributed by atoms with Crippen molar-refractivity contribution in [2.24, 2.45) is 0 Å². The Balaban J connectivity index is 2.94. The molecule has 0 bridgehead atoms. The topological polar surface area (TPSA) is 20.2 Å². The molecule has 14 heavy (non-hydrogen) atoms. The lowest BCUT2D eigenvalue weighted by atomic mass is 9.91. The van der Waals surface area contributed by atoms with Gasteiger partial charge in [-0.1, -0.05) is 45.0 Å². The molecule has 0 amide bonds. The maximum atomic E-state index is 10.0. The highest BCUT2D eigenvalue weighted by molar-refractivity contribution is 5.28. The van der Waals surface area contributed by atoms with Gasteiger partial charge in [0.25, 0.3) is 0 Å². The summed E-state index contributed by atoms with van der Waals surface area (Å²) in [4.78, 5) is 0. The van der Waals surface area contributed by atoms with Gasteiger partial charge in [0, 0.05) is 0 Å². The van der Waals surface area contributed by atoms with E-state index in [0.29, 0.717) is 5.92 Å². The molecule has 0 aromatic heterocycles. The van der Waals surface area contributed by atoms with Crippen LogP contribution in [0.5, 0.6) is 0 Å². The Kier molecular flexibility index (Phi) is 3.33. The normalized spacial score (nSPS) is 15.6. The molecule has 1 nitrogen and oxygen atoms in total. The predicted octanol–water partition coefficient (Wildman–Crippen LogP) is 3.43. The van der Waals surface area contributed by atoms with Crippen molar-refractivity contribution in [3.63, 3.8) is 0 Å². The molecule has 0 aliphatic rings. The zero-order chi connectivity index (χ0) is 10.8. The molecule has 1 heteroatoms. The van der Waals surface area contributed by atoms with E-state index in [9.17, 15) is 5.11 Å². The molecule has 0 unspecified atom stereocenters. The van der Waals surface area contributed by atoms with E-state index in [2.05, 4.69) is 26.0 Å². The second-order valence-electron chi connectivity index (χ2n) is 4.40. The van der Waals surface area contributed by atoms with Crippen molar-refractivity contribution in [3.8, 4) is 0 Å². The van der Waals surface area contributed by atoms with Gasteiger partial charge in [-0.3, -0.25) is 0 Å². The molecule has 0 aliphatic heterocycles. The van der Waals surface area contributed by atoms with Crippen molar-refractivity contribution in [1.82, 2.24) is 0 Å². The van der Waals surface area contributed by atoms with Crippen LogP contribution in [0.2, 0.25) is 0 Å². The Morgan fingerprint density at radius 1 is 1.21 bits per heavy atom. The van der Waals surface area contributed by atoms with Crippen LogP contribution < -0.4 is 0 Å². The van der Waals surface area contributed by atoms with E-state index in [1.54, 1.807) is 0 Å². The Morgan fingerprint density at radius 3 is 2.07 bits per heavy atom. The van der Waals surface area contributed by atoms with Gasteiger partial charge in [-0.25, -0.2) is 0 Å². The Labute approximate surface area is 86.8 Å². The molecule has 0 aliphatic carbocycles. The Bertz CT molecular complexity index is 283. The lowest BCUT2D eigenvalue weighted by Crippen LogP contribution is -2.19. The van der Waals surface area contributed by atoms with Gasteiger partial charge in [-0.2, -0.15) is 0 Å². The molecule has 1 atom stereocenters. The molecule has 1 aromatic carbocycles. The van der Waals surface area contributed by atoms with Crippen LogP contribution >= 0.6 is 0 Å². The average Bonchev–Trinajstić information content (AvgIpc) is 2.18. The number of aliphatic hydroxyl groups is 1. The van der Waals surface area contributed by atoms with Gasteiger partial charge >= 0.3 is 0 Å². The van der Waals surface area contributed by atoms with Gasteiger partial charge in [-0.05, 0) is 30.4 Å². The van der Waals surface area contributed by atoms with Gasteiger partial charge in [0.2, 0.25) is 0 Å². The monoisotopic (exact) mass is 192 g/mol. The molecule has 78 valence electrons. The summed E-state index contributed by atoms with van der Waals surface area (Å²) < 4.78 is 0. The standard InChI is InChI=1S/C13H20O/c1-5-13(4,14)12-8-6-11(7-9-12)10(2)3/h6-10,14H,5H2,1-4H3/t13-/m1/s1. The molecule has 0 spiro atoms. The molecule has 1 N–H and O–H groups in total. The summed E-state index contributed by atoms with van der Waals surface area (Å²) in [5, 5.41) is 10.0. The highest BCUT2D eigenvalue weighted by Gasteiger charge is 2.19. The lowest BCUT2D eigenvalue weighted by molar-refractivity contribution is 0.0531. The first-order valence-corrected chi connectivity index (χ1v) is 5.30. The first kappa shape index (κ1) is 11.3. The Hall–Kier alpha value is -0.820. The molecule has 0 heterocycles. The fourth-order valence-electron chi connectivity index (χ4n) is 1.43. The van der Waals surface area contributed by atoms with Crippen LogP contribution in [0.4, 0.5) is 0 Å². The smallest absolute Gasteiger partial charge is 0.0865 e. The number of benzene rings is 1. The third-order valence-electron chi connectivity index (χ3n) is 2.89. The third kappa shape index (κ3) is 2.36. The van der Waals surface area contributed by atoms with E-state index < -0.39 is 5.60 Å². The van der Waals surface area contributed by atoms with E-state index in [0.717, 1.165) is 12.0 Å². The van der Waals surface area contributed by atoms with Crippen molar-refractivity contribution in [1.29, 1.82) is 0 Å². The van der Waals surface area contributed by atoms with Crippen LogP contribution in [0, 0.1) is 0 Å². The van der Waals surface area contributed by atoms with E-state index >= 15 is 0 Å². The van der Waals surface area contributed by atoms with Crippen LogP contribution in [-0.2, 0) is 5.60 Å². The van der Waals surface area contributed by atoms with E-state index in [4.69, 9.17) is 0 Å². The largest absolute Gasteiger partial charge is 0.385 e. The fraction of sp³-hybridized carbons (Fsp3) is 0.538. The van der Waals surface area contributed by atoms with E-state index in [1.807, 2.05) is 26.0 Å². The first-order valence-electron chi connectivity index (χ1n) is 5.30. The van der Waals surface area contributed by atoms with Crippen molar-refractivity contribution >= 4 is 0 Å². The molecule has 0 fully saturated rings. The minimum atomic E-state index is -0.685. The lowest BCUT2D eigenvalue weighted by Gasteiger charge is -2.22. The molecule has 1 aromatic rings.